The van der Waals surface area contributed by atoms with Gasteiger partial charge < -0.3 is 0 Å². The van der Waals surface area contributed by atoms with Crippen LogP contribution in [0, 0.1) is 13.8 Å². The highest BCUT2D eigenvalue weighted by Gasteiger charge is 2.05. The topological polar surface area (TPSA) is 0 Å². The summed E-state index contributed by atoms with van der Waals surface area (Å²) < 4.78 is 1.24. The van der Waals surface area contributed by atoms with E-state index in [-0.39, 0.29) is 0 Å². The van der Waals surface area contributed by atoms with Crippen molar-refractivity contribution in [2.45, 2.75) is 33.6 Å². The smallest absolute Gasteiger partial charge is 0.0212 e. The minimum atomic E-state index is 0.596. The molecule has 0 aliphatic rings. The van der Waals surface area contributed by atoms with Gasteiger partial charge in [-0.15, -0.1) is 0 Å². The summed E-state index contributed by atoms with van der Waals surface area (Å²) in [6, 6.07) is 4.47. The number of rotatable bonds is 1. The molecule has 0 N–H and O–H groups in total. The zero-order valence-corrected chi connectivity index (χ0v) is 9.70. The third-order valence-corrected chi connectivity index (χ3v) is 2.92. The normalized spacial score (nSPS) is 10.8. The van der Waals surface area contributed by atoms with Crippen molar-refractivity contribution in [3.63, 3.8) is 0 Å². The molecule has 0 aromatic heterocycles. The molecule has 0 unspecified atom stereocenters. The van der Waals surface area contributed by atoms with Gasteiger partial charge in [-0.2, -0.15) is 0 Å². The lowest BCUT2D eigenvalue weighted by molar-refractivity contribution is 0.858. The van der Waals surface area contributed by atoms with Crippen LogP contribution in [-0.4, -0.2) is 0 Å². The van der Waals surface area contributed by atoms with Gasteiger partial charge in [0.15, 0.2) is 0 Å². The number of hydrogen-bond acceptors (Lipinski definition) is 0. The van der Waals surface area contributed by atoms with Gasteiger partial charge in [0.1, 0.15) is 0 Å². The van der Waals surface area contributed by atoms with Crippen molar-refractivity contribution in [1.82, 2.24) is 0 Å². The third-order valence-electron chi connectivity index (χ3n) is 2.24. The average molecular weight is 227 g/mol. The Kier molecular flexibility index (Phi) is 2.94. The maximum atomic E-state index is 3.58. The Bertz CT molecular complexity index is 287. The van der Waals surface area contributed by atoms with E-state index in [9.17, 15) is 0 Å². The van der Waals surface area contributed by atoms with E-state index >= 15 is 0 Å². The lowest BCUT2D eigenvalue weighted by Crippen LogP contribution is -1.92. The van der Waals surface area contributed by atoms with Crippen LogP contribution in [0.4, 0.5) is 0 Å². The molecule has 66 valence electrons. The minimum absolute atomic E-state index is 0.596. The molecule has 0 saturated carbocycles. The quantitative estimate of drug-likeness (QED) is 0.674. The molecule has 12 heavy (non-hydrogen) atoms. The first-order valence-corrected chi connectivity index (χ1v) is 5.08. The van der Waals surface area contributed by atoms with Gasteiger partial charge in [-0.05, 0) is 42.5 Å². The maximum Gasteiger partial charge on any atom is 0.0212 e. The van der Waals surface area contributed by atoms with E-state index in [2.05, 4.69) is 55.8 Å². The summed E-state index contributed by atoms with van der Waals surface area (Å²) in [6.45, 7) is 8.74. The molecule has 0 nitrogen and oxygen atoms in total. The first-order valence-electron chi connectivity index (χ1n) is 4.29. The Labute approximate surface area is 83.1 Å². The van der Waals surface area contributed by atoms with Gasteiger partial charge in [0.2, 0.25) is 0 Å². The van der Waals surface area contributed by atoms with Gasteiger partial charge in [0.25, 0.3) is 0 Å². The molecule has 0 aliphatic heterocycles. The molecule has 1 rings (SSSR count). The van der Waals surface area contributed by atoms with E-state index in [1.165, 1.54) is 21.2 Å². The van der Waals surface area contributed by atoms with Crippen LogP contribution < -0.4 is 0 Å². The van der Waals surface area contributed by atoms with Crippen LogP contribution in [-0.2, 0) is 0 Å². The highest BCUT2D eigenvalue weighted by atomic mass is 79.9. The van der Waals surface area contributed by atoms with Crippen LogP contribution in [0.5, 0.6) is 0 Å². The summed E-state index contributed by atoms with van der Waals surface area (Å²) in [5.41, 5.74) is 4.13. The molecule has 1 aromatic rings. The van der Waals surface area contributed by atoms with Crippen LogP contribution in [0.25, 0.3) is 0 Å². The summed E-state index contributed by atoms with van der Waals surface area (Å²) in [4.78, 5) is 0. The van der Waals surface area contributed by atoms with E-state index < -0.39 is 0 Å². The number of hydrogen-bond donors (Lipinski definition) is 0. The number of benzene rings is 1. The molecular weight excluding hydrogens is 212 g/mol. The monoisotopic (exact) mass is 226 g/mol. The summed E-state index contributed by atoms with van der Waals surface area (Å²) in [6.07, 6.45) is 0. The largest absolute Gasteiger partial charge is 0.0586 e. The Balaban J connectivity index is 3.23. The molecule has 0 bridgehead atoms. The number of aryl methyl sites for hydroxylation is 2. The molecule has 0 spiro atoms. The molecule has 0 aliphatic carbocycles. The van der Waals surface area contributed by atoms with E-state index in [0.29, 0.717) is 5.92 Å². The number of halogens is 1. The highest BCUT2D eigenvalue weighted by molar-refractivity contribution is 9.10. The van der Waals surface area contributed by atoms with Gasteiger partial charge in [-0.25, -0.2) is 0 Å². The Hall–Kier alpha value is -0.300. The summed E-state index contributed by atoms with van der Waals surface area (Å²) in [5.74, 6) is 0.596. The highest BCUT2D eigenvalue weighted by Crippen LogP contribution is 2.27. The average Bonchev–Trinajstić information content (AvgIpc) is 1.96. The van der Waals surface area contributed by atoms with Crippen molar-refractivity contribution in [1.29, 1.82) is 0 Å². The Morgan fingerprint density at radius 3 is 2.08 bits per heavy atom. The van der Waals surface area contributed by atoms with Crippen molar-refractivity contribution in [2.24, 2.45) is 0 Å². The van der Waals surface area contributed by atoms with Gasteiger partial charge in [0.05, 0.1) is 0 Å². The molecule has 1 aromatic carbocycles. The molecule has 0 radical (unpaired) electrons. The van der Waals surface area contributed by atoms with Crippen molar-refractivity contribution in [3.05, 3.63) is 33.3 Å². The molecule has 0 fully saturated rings. The second-order valence-corrected chi connectivity index (χ2v) is 4.47. The maximum absolute atomic E-state index is 3.58. The van der Waals surface area contributed by atoms with E-state index in [4.69, 9.17) is 0 Å². The molecule has 0 saturated heterocycles. The summed E-state index contributed by atoms with van der Waals surface area (Å²) in [7, 11) is 0. The van der Waals surface area contributed by atoms with E-state index in [1.807, 2.05) is 0 Å². The summed E-state index contributed by atoms with van der Waals surface area (Å²) >= 11 is 3.58. The zero-order chi connectivity index (χ0) is 9.30. The van der Waals surface area contributed by atoms with Crippen LogP contribution >= 0.6 is 15.9 Å². The van der Waals surface area contributed by atoms with Crippen LogP contribution in [0.2, 0.25) is 0 Å². The fraction of sp³-hybridized carbons (Fsp3) is 0.455. The SMILES string of the molecule is Cc1cc(Br)c(C(C)C)cc1C. The zero-order valence-electron chi connectivity index (χ0n) is 8.11. The van der Waals surface area contributed by atoms with Gasteiger partial charge in [0, 0.05) is 4.47 Å². The molecule has 0 atom stereocenters. The third kappa shape index (κ3) is 1.89. The predicted octanol–water partition coefficient (Wildman–Crippen LogP) is 4.19. The van der Waals surface area contributed by atoms with E-state index in [0.717, 1.165) is 0 Å². The van der Waals surface area contributed by atoms with Crippen molar-refractivity contribution in [2.75, 3.05) is 0 Å². The lowest BCUT2D eigenvalue weighted by atomic mass is 9.99. The fourth-order valence-corrected chi connectivity index (χ4v) is 2.16. The van der Waals surface area contributed by atoms with Crippen LogP contribution in [0.1, 0.15) is 36.5 Å². The van der Waals surface area contributed by atoms with Crippen molar-refractivity contribution in [3.8, 4) is 0 Å². The second-order valence-electron chi connectivity index (χ2n) is 3.61. The molecule has 0 amide bonds. The van der Waals surface area contributed by atoms with Gasteiger partial charge >= 0.3 is 0 Å². The Morgan fingerprint density at radius 2 is 1.58 bits per heavy atom. The standard InChI is InChI=1S/C11H15Br/c1-7(2)10-5-8(3)9(4)6-11(10)12/h5-7H,1-4H3. The van der Waals surface area contributed by atoms with Crippen molar-refractivity contribution >= 4 is 15.9 Å². The van der Waals surface area contributed by atoms with Crippen molar-refractivity contribution < 1.29 is 0 Å². The van der Waals surface area contributed by atoms with Crippen LogP contribution in [0.3, 0.4) is 0 Å². The fourth-order valence-electron chi connectivity index (χ4n) is 1.25. The second kappa shape index (κ2) is 3.61. The minimum Gasteiger partial charge on any atom is -0.0586 e. The van der Waals surface area contributed by atoms with E-state index in [1.54, 1.807) is 0 Å². The molecule has 0 heterocycles. The Morgan fingerprint density at radius 1 is 1.08 bits per heavy atom. The molecule has 1 heteroatoms. The van der Waals surface area contributed by atoms with Crippen LogP contribution in [0.15, 0.2) is 16.6 Å². The predicted molar refractivity (Wildman–Crippen MR) is 57.7 cm³/mol. The first kappa shape index (κ1) is 9.79. The van der Waals surface area contributed by atoms with Gasteiger partial charge in [-0.1, -0.05) is 35.8 Å². The first-order chi connectivity index (χ1) is 5.52. The lowest BCUT2D eigenvalue weighted by Gasteiger charge is -2.11. The summed E-state index contributed by atoms with van der Waals surface area (Å²) in [5, 5.41) is 0. The van der Waals surface area contributed by atoms with Gasteiger partial charge in [-0.3, -0.25) is 0 Å². The molecular formula is C11H15Br.